The van der Waals surface area contributed by atoms with Gasteiger partial charge in [0.15, 0.2) is 5.69 Å². The minimum Gasteiger partial charge on any atom is -0.464 e. The number of carbonyl (C=O) groups is 2. The van der Waals surface area contributed by atoms with Gasteiger partial charge in [0.05, 0.1) is 18.3 Å². The highest BCUT2D eigenvalue weighted by Gasteiger charge is 2.52. The van der Waals surface area contributed by atoms with Gasteiger partial charge < -0.3 is 25.1 Å². The van der Waals surface area contributed by atoms with Gasteiger partial charge in [0, 0.05) is 5.46 Å². The van der Waals surface area contributed by atoms with Gasteiger partial charge in [0.25, 0.3) is 0 Å². The van der Waals surface area contributed by atoms with Crippen LogP contribution in [-0.2, 0) is 18.8 Å². The predicted octanol–water partition coefficient (Wildman–Crippen LogP) is 2.12. The Morgan fingerprint density at radius 3 is 2.00 bits per heavy atom. The number of methoxy groups -OCH3 is 1. The first-order valence-electron chi connectivity index (χ1n) is 9.72. The molecule has 0 saturated carbocycles. The lowest BCUT2D eigenvalue weighted by atomic mass is 9.79. The van der Waals surface area contributed by atoms with Gasteiger partial charge in [0.2, 0.25) is 5.91 Å². The Hall–Kier alpha value is -2.13. The molecule has 0 bridgehead atoms. The second-order valence-corrected chi connectivity index (χ2v) is 8.71. The van der Waals surface area contributed by atoms with E-state index in [1.807, 2.05) is 27.7 Å². The molecule has 1 aromatic heterocycles. The van der Waals surface area contributed by atoms with Crippen LogP contribution in [0.25, 0.3) is 0 Å². The molecule has 1 unspecified atom stereocenters. The lowest BCUT2D eigenvalue weighted by molar-refractivity contribution is -0.118. The van der Waals surface area contributed by atoms with Gasteiger partial charge in [-0.05, 0) is 46.6 Å². The van der Waals surface area contributed by atoms with Crippen molar-refractivity contribution in [1.82, 2.24) is 4.98 Å². The van der Waals surface area contributed by atoms with Crippen molar-refractivity contribution in [2.45, 2.75) is 72.6 Å². The summed E-state index contributed by atoms with van der Waals surface area (Å²) in [6.45, 7) is 15.8. The van der Waals surface area contributed by atoms with Crippen molar-refractivity contribution in [2.75, 3.05) is 12.4 Å². The molecule has 2 rings (SSSR count). The number of nitrogens with zero attached hydrogens (tertiary/aromatic N) is 1. The van der Waals surface area contributed by atoms with Crippen molar-refractivity contribution in [3.05, 3.63) is 17.8 Å². The van der Waals surface area contributed by atoms with E-state index < -0.39 is 36.2 Å². The minimum absolute atomic E-state index is 0.0990. The fraction of sp³-hybridized carbons (Fsp3) is 0.650. The van der Waals surface area contributed by atoms with Crippen LogP contribution in [-0.4, -0.2) is 48.3 Å². The van der Waals surface area contributed by atoms with Crippen molar-refractivity contribution in [2.24, 2.45) is 11.7 Å². The van der Waals surface area contributed by atoms with Crippen LogP contribution in [0.4, 0.5) is 5.82 Å². The third-order valence-electron chi connectivity index (χ3n) is 4.61. The highest BCUT2D eigenvalue weighted by molar-refractivity contribution is 6.63. The summed E-state index contributed by atoms with van der Waals surface area (Å²) < 4.78 is 16.7. The number of esters is 1. The minimum atomic E-state index is -0.702. The fourth-order valence-corrected chi connectivity index (χ4v) is 2.24. The monoisotopic (exact) mass is 407 g/mol. The van der Waals surface area contributed by atoms with Crippen molar-refractivity contribution in [3.63, 3.8) is 0 Å². The van der Waals surface area contributed by atoms with E-state index >= 15 is 0 Å². The molecular formula is C20H34BN3O5. The van der Waals surface area contributed by atoms with E-state index in [1.54, 1.807) is 13.0 Å². The number of hydrogen-bond acceptors (Lipinski definition) is 7. The number of primary amides is 1. The summed E-state index contributed by atoms with van der Waals surface area (Å²) in [5.41, 5.74) is 4.91. The van der Waals surface area contributed by atoms with E-state index in [0.717, 1.165) is 5.92 Å². The van der Waals surface area contributed by atoms with Crippen molar-refractivity contribution in [1.29, 1.82) is 0 Å². The number of nitrogens with two attached hydrogens (primary N) is 1. The summed E-state index contributed by atoms with van der Waals surface area (Å²) in [4.78, 5) is 27.4. The molecule has 0 aliphatic carbocycles. The maximum Gasteiger partial charge on any atom is 0.498 e. The molecule has 9 heteroatoms. The predicted molar refractivity (Wildman–Crippen MR) is 114 cm³/mol. The van der Waals surface area contributed by atoms with Crippen LogP contribution >= 0.6 is 0 Å². The zero-order valence-corrected chi connectivity index (χ0v) is 19.0. The second-order valence-electron chi connectivity index (χ2n) is 8.71. The zero-order valence-electron chi connectivity index (χ0n) is 19.0. The second kappa shape index (κ2) is 9.58. The molecule has 1 aliphatic heterocycles. The fourth-order valence-electron chi connectivity index (χ4n) is 2.24. The first-order chi connectivity index (χ1) is 13.2. The maximum absolute atomic E-state index is 11.8. The van der Waals surface area contributed by atoms with Crippen LogP contribution in [0.1, 0.15) is 65.9 Å². The SMILES string of the molecule is CC(C)C.COC(=O)c1ccc(B2OC(C)(C)C(C)(C)O2)c(NC(C)C(N)=O)n1. The number of hydrogen-bond donors (Lipinski definition) is 2. The summed E-state index contributed by atoms with van der Waals surface area (Å²) in [6, 6.07) is 2.49. The van der Waals surface area contributed by atoms with Crippen LogP contribution in [0.5, 0.6) is 0 Å². The van der Waals surface area contributed by atoms with E-state index in [2.05, 4.69) is 31.1 Å². The Morgan fingerprint density at radius 1 is 1.10 bits per heavy atom. The molecule has 162 valence electrons. The van der Waals surface area contributed by atoms with Crippen molar-refractivity contribution in [3.8, 4) is 0 Å². The third-order valence-corrected chi connectivity index (χ3v) is 4.61. The first-order valence-corrected chi connectivity index (χ1v) is 9.72. The molecule has 2 heterocycles. The molecule has 0 aromatic carbocycles. The molecule has 3 N–H and O–H groups in total. The molecule has 1 atom stereocenters. The molecule has 1 amide bonds. The summed E-state index contributed by atoms with van der Waals surface area (Å²) in [5, 5.41) is 2.91. The van der Waals surface area contributed by atoms with Crippen molar-refractivity contribution < 1.29 is 23.6 Å². The third kappa shape index (κ3) is 6.43. The van der Waals surface area contributed by atoms with E-state index in [9.17, 15) is 9.59 Å². The van der Waals surface area contributed by atoms with E-state index in [4.69, 9.17) is 19.8 Å². The average Bonchev–Trinajstić information content (AvgIpc) is 2.80. The van der Waals surface area contributed by atoms with Gasteiger partial charge in [-0.2, -0.15) is 0 Å². The van der Waals surface area contributed by atoms with E-state index in [1.165, 1.54) is 13.2 Å². The summed E-state index contributed by atoms with van der Waals surface area (Å²) >= 11 is 0. The number of aromatic nitrogens is 1. The molecule has 1 aromatic rings. The van der Waals surface area contributed by atoms with Crippen LogP contribution in [0.3, 0.4) is 0 Å². The quantitative estimate of drug-likeness (QED) is 0.568. The normalized spacial score (nSPS) is 17.9. The van der Waals surface area contributed by atoms with Gasteiger partial charge in [0.1, 0.15) is 11.9 Å². The first kappa shape index (κ1) is 24.9. The van der Waals surface area contributed by atoms with Crippen LogP contribution in [0.15, 0.2) is 12.1 Å². The van der Waals surface area contributed by atoms with Crippen LogP contribution < -0.4 is 16.5 Å². The Kier molecular flexibility index (Phi) is 8.23. The smallest absolute Gasteiger partial charge is 0.464 e. The molecule has 1 aliphatic rings. The molecule has 8 nitrogen and oxygen atoms in total. The van der Waals surface area contributed by atoms with E-state index in [-0.39, 0.29) is 11.5 Å². The molecule has 1 fully saturated rings. The molecule has 29 heavy (non-hydrogen) atoms. The standard InChI is InChI=1S/C16H24BN3O5.C4H10/c1-9(12(18)21)19-13-10(7-8-11(20-13)14(22)23-6)17-24-15(2,3)16(4,5)25-17;1-4(2)3/h7-9H,1-6H3,(H2,18,21)(H,19,20);4H,1-3H3. The molecular weight excluding hydrogens is 373 g/mol. The Morgan fingerprint density at radius 2 is 1.59 bits per heavy atom. The molecule has 0 radical (unpaired) electrons. The van der Waals surface area contributed by atoms with Crippen molar-refractivity contribution >= 4 is 30.3 Å². The zero-order chi connectivity index (χ0) is 22.6. The number of amides is 1. The van der Waals surface area contributed by atoms with Gasteiger partial charge in [-0.15, -0.1) is 0 Å². The van der Waals surface area contributed by atoms with Gasteiger partial charge in [-0.25, -0.2) is 9.78 Å². The number of pyridine rings is 1. The van der Waals surface area contributed by atoms with Gasteiger partial charge in [-0.3, -0.25) is 4.79 Å². The maximum atomic E-state index is 11.8. The van der Waals surface area contributed by atoms with E-state index in [0.29, 0.717) is 5.46 Å². The largest absolute Gasteiger partial charge is 0.498 e. The topological polar surface area (TPSA) is 113 Å². The Labute approximate surface area is 174 Å². The molecule has 0 spiro atoms. The highest BCUT2D eigenvalue weighted by Crippen LogP contribution is 2.36. The van der Waals surface area contributed by atoms with Gasteiger partial charge >= 0.3 is 13.1 Å². The number of ether oxygens (including phenoxy) is 1. The lowest BCUT2D eigenvalue weighted by Gasteiger charge is -2.32. The Bertz CT molecular complexity index is 718. The summed E-state index contributed by atoms with van der Waals surface area (Å²) in [7, 11) is 0.567. The molecule has 1 saturated heterocycles. The average molecular weight is 407 g/mol. The Balaban J connectivity index is 0.000000960. The van der Waals surface area contributed by atoms with Gasteiger partial charge in [-0.1, -0.05) is 26.8 Å². The number of nitrogens with one attached hydrogen (secondary N) is 1. The highest BCUT2D eigenvalue weighted by atomic mass is 16.7. The summed E-state index contributed by atoms with van der Waals surface area (Å²) in [6.07, 6.45) is 0. The number of carbonyl (C=O) groups excluding carboxylic acids is 2. The van der Waals surface area contributed by atoms with Crippen LogP contribution in [0.2, 0.25) is 0 Å². The summed E-state index contributed by atoms with van der Waals surface area (Å²) in [5.74, 6) is -0.0203. The van der Waals surface area contributed by atoms with Crippen LogP contribution in [0, 0.1) is 5.92 Å². The lowest BCUT2D eigenvalue weighted by Crippen LogP contribution is -2.41. The number of anilines is 1. The number of rotatable bonds is 5.